The number of aromatic nitrogens is 3. The number of anilines is 1. The fraction of sp³-hybridized carbons (Fsp3) is 0.350. The zero-order valence-corrected chi connectivity index (χ0v) is 15.4. The van der Waals surface area contributed by atoms with Gasteiger partial charge in [-0.1, -0.05) is 18.2 Å². The van der Waals surface area contributed by atoms with Gasteiger partial charge >= 0.3 is 0 Å². The number of nitrogens with one attached hydrogen (secondary N) is 2. The molecule has 140 valence electrons. The van der Waals surface area contributed by atoms with E-state index in [-0.39, 0.29) is 5.91 Å². The highest BCUT2D eigenvalue weighted by molar-refractivity contribution is 5.93. The van der Waals surface area contributed by atoms with Crippen molar-refractivity contribution in [1.82, 2.24) is 20.3 Å². The van der Waals surface area contributed by atoms with Crippen molar-refractivity contribution < 1.29 is 9.53 Å². The van der Waals surface area contributed by atoms with E-state index >= 15 is 0 Å². The van der Waals surface area contributed by atoms with Crippen molar-refractivity contribution in [2.24, 2.45) is 0 Å². The van der Waals surface area contributed by atoms with Gasteiger partial charge in [0.1, 0.15) is 17.3 Å². The molecule has 1 aliphatic rings. The third-order valence-corrected chi connectivity index (χ3v) is 4.75. The molecule has 2 aromatic heterocycles. The Morgan fingerprint density at radius 1 is 1.26 bits per heavy atom. The van der Waals surface area contributed by atoms with Gasteiger partial charge in [-0.3, -0.25) is 4.79 Å². The summed E-state index contributed by atoms with van der Waals surface area (Å²) in [6, 6.07) is 9.93. The number of H-pyrrole nitrogens is 1. The Labute approximate surface area is 157 Å². The van der Waals surface area contributed by atoms with Crippen LogP contribution in [0.4, 0.5) is 5.82 Å². The van der Waals surface area contributed by atoms with Crippen LogP contribution in [-0.4, -0.2) is 53.7 Å². The minimum Gasteiger partial charge on any atom is -0.378 e. The van der Waals surface area contributed by atoms with Crippen molar-refractivity contribution in [1.29, 1.82) is 0 Å². The first-order chi connectivity index (χ1) is 13.2. The summed E-state index contributed by atoms with van der Waals surface area (Å²) in [5.74, 6) is 1.21. The number of benzene rings is 1. The van der Waals surface area contributed by atoms with Crippen LogP contribution in [0.1, 0.15) is 21.9 Å². The molecule has 1 aliphatic heterocycles. The first-order valence-electron chi connectivity index (χ1n) is 9.22. The standard InChI is InChI=1S/C20H23N5O2/c1-14-23-18(12-19(24-14)25-8-10-27-11-9-25)20(26)21-7-6-15-13-22-17-5-3-2-4-16(15)17/h2-5,12-13,22H,6-11H2,1H3,(H,21,26). The largest absolute Gasteiger partial charge is 0.378 e. The predicted molar refractivity (Wildman–Crippen MR) is 104 cm³/mol. The Morgan fingerprint density at radius 3 is 2.93 bits per heavy atom. The van der Waals surface area contributed by atoms with Gasteiger partial charge in [0.15, 0.2) is 0 Å². The molecule has 1 aromatic carbocycles. The normalized spacial score (nSPS) is 14.5. The lowest BCUT2D eigenvalue weighted by Gasteiger charge is -2.28. The minimum absolute atomic E-state index is 0.171. The van der Waals surface area contributed by atoms with Crippen LogP contribution in [0.2, 0.25) is 0 Å². The quantitative estimate of drug-likeness (QED) is 0.723. The summed E-state index contributed by atoms with van der Waals surface area (Å²) >= 11 is 0. The van der Waals surface area contributed by atoms with Gasteiger partial charge in [-0.15, -0.1) is 0 Å². The van der Waals surface area contributed by atoms with Gasteiger partial charge in [0.2, 0.25) is 0 Å². The summed E-state index contributed by atoms with van der Waals surface area (Å²) in [4.78, 5) is 26.7. The number of fused-ring (bicyclic) bond motifs is 1. The summed E-state index contributed by atoms with van der Waals surface area (Å²) < 4.78 is 5.38. The second kappa shape index (κ2) is 7.75. The van der Waals surface area contributed by atoms with E-state index < -0.39 is 0 Å². The molecular formula is C20H23N5O2. The van der Waals surface area contributed by atoms with Crippen LogP contribution < -0.4 is 10.2 Å². The zero-order chi connectivity index (χ0) is 18.6. The lowest BCUT2D eigenvalue weighted by atomic mass is 10.1. The summed E-state index contributed by atoms with van der Waals surface area (Å²) in [6.45, 7) is 5.27. The third-order valence-electron chi connectivity index (χ3n) is 4.75. The molecule has 0 saturated carbocycles. The van der Waals surface area contributed by atoms with Crippen LogP contribution in [0.15, 0.2) is 36.5 Å². The van der Waals surface area contributed by atoms with Gasteiger partial charge in [-0.05, 0) is 25.0 Å². The summed E-state index contributed by atoms with van der Waals surface area (Å²) in [7, 11) is 0. The van der Waals surface area contributed by atoms with Gasteiger partial charge in [-0.25, -0.2) is 9.97 Å². The first-order valence-corrected chi connectivity index (χ1v) is 9.22. The number of aromatic amines is 1. The second-order valence-corrected chi connectivity index (χ2v) is 6.62. The second-order valence-electron chi connectivity index (χ2n) is 6.62. The molecular weight excluding hydrogens is 342 g/mol. The lowest BCUT2D eigenvalue weighted by molar-refractivity contribution is 0.0948. The average Bonchev–Trinajstić information content (AvgIpc) is 3.11. The Kier molecular flexibility index (Phi) is 5.02. The van der Waals surface area contributed by atoms with E-state index in [1.807, 2.05) is 31.3 Å². The lowest BCUT2D eigenvalue weighted by Crippen LogP contribution is -2.37. The van der Waals surface area contributed by atoms with Crippen molar-refractivity contribution >= 4 is 22.6 Å². The number of amides is 1. The van der Waals surface area contributed by atoms with E-state index in [4.69, 9.17) is 4.74 Å². The fourth-order valence-corrected chi connectivity index (χ4v) is 3.36. The molecule has 0 spiro atoms. The Morgan fingerprint density at radius 2 is 2.07 bits per heavy atom. The maximum Gasteiger partial charge on any atom is 0.270 e. The Bertz CT molecular complexity index is 946. The van der Waals surface area contributed by atoms with E-state index in [2.05, 4.69) is 31.2 Å². The number of hydrogen-bond donors (Lipinski definition) is 2. The topological polar surface area (TPSA) is 83.1 Å². The van der Waals surface area contributed by atoms with Crippen LogP contribution >= 0.6 is 0 Å². The summed E-state index contributed by atoms with van der Waals surface area (Å²) in [6.07, 6.45) is 2.76. The van der Waals surface area contributed by atoms with Crippen molar-refractivity contribution in [3.05, 3.63) is 53.6 Å². The molecule has 1 fully saturated rings. The molecule has 0 bridgehead atoms. The van der Waals surface area contributed by atoms with Crippen molar-refractivity contribution in [3.63, 3.8) is 0 Å². The van der Waals surface area contributed by atoms with Gasteiger partial charge < -0.3 is 19.9 Å². The SMILES string of the molecule is Cc1nc(C(=O)NCCc2c[nH]c3ccccc23)cc(N2CCOCC2)n1. The molecule has 7 heteroatoms. The van der Waals surface area contributed by atoms with E-state index in [9.17, 15) is 4.79 Å². The monoisotopic (exact) mass is 365 g/mol. The maximum atomic E-state index is 12.6. The third kappa shape index (κ3) is 3.93. The van der Waals surface area contributed by atoms with Gasteiger partial charge in [-0.2, -0.15) is 0 Å². The van der Waals surface area contributed by atoms with E-state index in [0.717, 1.165) is 30.8 Å². The number of nitrogens with zero attached hydrogens (tertiary/aromatic N) is 3. The molecule has 4 rings (SSSR count). The Balaban J connectivity index is 1.41. The first kappa shape index (κ1) is 17.5. The number of carbonyl (C=O) groups excluding carboxylic acids is 1. The van der Waals surface area contributed by atoms with Crippen LogP contribution in [0.3, 0.4) is 0 Å². The number of carbonyl (C=O) groups is 1. The Hall–Kier alpha value is -2.93. The van der Waals surface area contributed by atoms with Gasteiger partial charge in [0.05, 0.1) is 13.2 Å². The molecule has 3 heterocycles. The zero-order valence-electron chi connectivity index (χ0n) is 15.4. The highest BCUT2D eigenvalue weighted by Gasteiger charge is 2.16. The van der Waals surface area contributed by atoms with Gasteiger partial charge in [0.25, 0.3) is 5.91 Å². The summed E-state index contributed by atoms with van der Waals surface area (Å²) in [5, 5.41) is 4.17. The minimum atomic E-state index is -0.171. The molecule has 2 N–H and O–H groups in total. The molecule has 1 amide bonds. The number of para-hydroxylation sites is 1. The number of morpholine rings is 1. The molecule has 0 atom stereocenters. The molecule has 0 unspecified atom stereocenters. The van der Waals surface area contributed by atoms with Crippen LogP contribution in [0.25, 0.3) is 10.9 Å². The van der Waals surface area contributed by atoms with E-state index in [1.165, 1.54) is 10.9 Å². The van der Waals surface area contributed by atoms with Crippen LogP contribution in [-0.2, 0) is 11.2 Å². The molecule has 3 aromatic rings. The molecule has 0 aliphatic carbocycles. The predicted octanol–water partition coefficient (Wildman–Crippen LogP) is 2.08. The van der Waals surface area contributed by atoms with Crippen LogP contribution in [0.5, 0.6) is 0 Å². The maximum absolute atomic E-state index is 12.6. The van der Waals surface area contributed by atoms with Crippen molar-refractivity contribution in [3.8, 4) is 0 Å². The number of rotatable bonds is 5. The van der Waals surface area contributed by atoms with E-state index in [0.29, 0.717) is 31.3 Å². The molecule has 27 heavy (non-hydrogen) atoms. The molecule has 0 radical (unpaired) electrons. The van der Waals surface area contributed by atoms with Crippen molar-refractivity contribution in [2.45, 2.75) is 13.3 Å². The number of aryl methyl sites for hydroxylation is 1. The summed E-state index contributed by atoms with van der Waals surface area (Å²) in [5.41, 5.74) is 2.71. The van der Waals surface area contributed by atoms with Crippen LogP contribution in [0, 0.1) is 6.92 Å². The molecule has 7 nitrogen and oxygen atoms in total. The molecule has 1 saturated heterocycles. The van der Waals surface area contributed by atoms with Crippen molar-refractivity contribution in [2.75, 3.05) is 37.7 Å². The van der Waals surface area contributed by atoms with E-state index in [1.54, 1.807) is 6.07 Å². The number of ether oxygens (including phenoxy) is 1. The fourth-order valence-electron chi connectivity index (χ4n) is 3.36. The average molecular weight is 365 g/mol. The van der Waals surface area contributed by atoms with Gasteiger partial charge in [0, 0.05) is 42.8 Å². The number of hydrogen-bond acceptors (Lipinski definition) is 5. The highest BCUT2D eigenvalue weighted by Crippen LogP contribution is 2.18. The highest BCUT2D eigenvalue weighted by atomic mass is 16.5. The smallest absolute Gasteiger partial charge is 0.270 e.